The van der Waals surface area contributed by atoms with Crippen LogP contribution < -0.4 is 10.2 Å². The van der Waals surface area contributed by atoms with E-state index in [4.69, 9.17) is 0 Å². The van der Waals surface area contributed by atoms with Gasteiger partial charge in [0.25, 0.3) is 0 Å². The molecule has 0 radical (unpaired) electrons. The largest absolute Gasteiger partial charge is 0.312 e. The van der Waals surface area contributed by atoms with Crippen LogP contribution in [0.4, 0.5) is 11.5 Å². The average Bonchev–Trinajstić information content (AvgIpc) is 2.89. The normalized spacial score (nSPS) is 17.4. The summed E-state index contributed by atoms with van der Waals surface area (Å²) in [6, 6.07) is 13.2. The van der Waals surface area contributed by atoms with Gasteiger partial charge in [-0.25, -0.2) is 4.98 Å². The minimum Gasteiger partial charge on any atom is -0.312 e. The SMILES string of the molecule is Cc1cccc(N2CC(C(=O)Nc3cccc(C)n3)CC2=O)c1. The number of rotatable bonds is 3. The quantitative estimate of drug-likeness (QED) is 0.948. The highest BCUT2D eigenvalue weighted by Crippen LogP contribution is 2.26. The van der Waals surface area contributed by atoms with Gasteiger partial charge in [-0.2, -0.15) is 0 Å². The number of carbonyl (C=O) groups excluding carboxylic acids is 2. The molecule has 0 bridgehead atoms. The molecule has 1 aromatic carbocycles. The van der Waals surface area contributed by atoms with E-state index in [0.717, 1.165) is 16.9 Å². The van der Waals surface area contributed by atoms with Crippen LogP contribution >= 0.6 is 0 Å². The zero-order chi connectivity index (χ0) is 16.4. The smallest absolute Gasteiger partial charge is 0.230 e. The number of anilines is 2. The highest BCUT2D eigenvalue weighted by Gasteiger charge is 2.35. The first-order chi connectivity index (χ1) is 11.0. The van der Waals surface area contributed by atoms with Gasteiger partial charge in [0.05, 0.1) is 5.92 Å². The summed E-state index contributed by atoms with van der Waals surface area (Å²) in [7, 11) is 0. The summed E-state index contributed by atoms with van der Waals surface area (Å²) in [5, 5.41) is 2.80. The Labute approximate surface area is 135 Å². The zero-order valence-corrected chi connectivity index (χ0v) is 13.2. The van der Waals surface area contributed by atoms with E-state index in [1.54, 1.807) is 11.0 Å². The van der Waals surface area contributed by atoms with Gasteiger partial charge in [-0.3, -0.25) is 9.59 Å². The highest BCUT2D eigenvalue weighted by molar-refractivity contribution is 6.03. The minimum atomic E-state index is -0.356. The van der Waals surface area contributed by atoms with Gasteiger partial charge in [0, 0.05) is 24.3 Å². The lowest BCUT2D eigenvalue weighted by atomic mass is 10.1. The van der Waals surface area contributed by atoms with Crippen molar-refractivity contribution in [1.29, 1.82) is 0 Å². The molecule has 2 aromatic rings. The van der Waals surface area contributed by atoms with Crippen LogP contribution in [0, 0.1) is 19.8 Å². The van der Waals surface area contributed by atoms with Gasteiger partial charge in [-0.05, 0) is 43.7 Å². The van der Waals surface area contributed by atoms with E-state index in [9.17, 15) is 9.59 Å². The molecule has 1 fully saturated rings. The van der Waals surface area contributed by atoms with Gasteiger partial charge < -0.3 is 10.2 Å². The fraction of sp³-hybridized carbons (Fsp3) is 0.278. The number of amides is 2. The monoisotopic (exact) mass is 309 g/mol. The lowest BCUT2D eigenvalue weighted by molar-refractivity contribution is -0.122. The molecule has 1 atom stereocenters. The maximum Gasteiger partial charge on any atom is 0.230 e. The number of hydrogen-bond acceptors (Lipinski definition) is 3. The Hall–Kier alpha value is -2.69. The third-order valence-electron chi connectivity index (χ3n) is 3.95. The van der Waals surface area contributed by atoms with Crippen molar-refractivity contribution in [2.45, 2.75) is 20.3 Å². The first kappa shape index (κ1) is 15.2. The van der Waals surface area contributed by atoms with Crippen molar-refractivity contribution in [3.8, 4) is 0 Å². The standard InChI is InChI=1S/C18H19N3O2/c1-12-5-3-7-15(9-12)21-11-14(10-17(21)22)18(23)20-16-8-4-6-13(2)19-16/h3-9,14H,10-11H2,1-2H3,(H,19,20,23). The summed E-state index contributed by atoms with van der Waals surface area (Å²) in [5.41, 5.74) is 2.78. The molecule has 0 spiro atoms. The van der Waals surface area contributed by atoms with Crippen LogP contribution in [0.5, 0.6) is 0 Å². The van der Waals surface area contributed by atoms with Gasteiger partial charge >= 0.3 is 0 Å². The third kappa shape index (κ3) is 3.39. The van der Waals surface area contributed by atoms with E-state index >= 15 is 0 Å². The van der Waals surface area contributed by atoms with E-state index in [0.29, 0.717) is 12.4 Å². The van der Waals surface area contributed by atoms with Crippen LogP contribution in [0.2, 0.25) is 0 Å². The number of benzene rings is 1. The molecule has 2 heterocycles. The van der Waals surface area contributed by atoms with E-state index in [1.165, 1.54) is 0 Å². The van der Waals surface area contributed by atoms with E-state index in [1.807, 2.05) is 50.2 Å². The lowest BCUT2D eigenvalue weighted by Crippen LogP contribution is -2.28. The maximum absolute atomic E-state index is 12.4. The second-order valence-electron chi connectivity index (χ2n) is 5.90. The fourth-order valence-electron chi connectivity index (χ4n) is 2.77. The van der Waals surface area contributed by atoms with Crippen LogP contribution in [0.25, 0.3) is 0 Å². The summed E-state index contributed by atoms with van der Waals surface area (Å²) in [6.07, 6.45) is 0.228. The molecule has 1 aliphatic rings. The summed E-state index contributed by atoms with van der Waals surface area (Å²) >= 11 is 0. The molecule has 23 heavy (non-hydrogen) atoms. The number of carbonyl (C=O) groups is 2. The van der Waals surface area contributed by atoms with E-state index in [2.05, 4.69) is 10.3 Å². The molecule has 0 saturated carbocycles. The number of aromatic nitrogens is 1. The Balaban J connectivity index is 1.70. The number of nitrogens with zero attached hydrogens (tertiary/aromatic N) is 2. The van der Waals surface area contributed by atoms with Crippen molar-refractivity contribution in [3.63, 3.8) is 0 Å². The molecule has 118 valence electrons. The van der Waals surface area contributed by atoms with Gasteiger partial charge in [0.1, 0.15) is 5.82 Å². The Bertz CT molecular complexity index is 757. The van der Waals surface area contributed by atoms with Crippen molar-refractivity contribution >= 4 is 23.3 Å². The van der Waals surface area contributed by atoms with Crippen LogP contribution in [0.3, 0.4) is 0 Å². The molecule has 2 amide bonds. The van der Waals surface area contributed by atoms with Crippen LogP contribution in [0.15, 0.2) is 42.5 Å². The number of aryl methyl sites for hydroxylation is 2. The van der Waals surface area contributed by atoms with Gasteiger partial charge in [0.15, 0.2) is 0 Å². The zero-order valence-electron chi connectivity index (χ0n) is 13.2. The average molecular weight is 309 g/mol. The predicted octanol–water partition coefficient (Wildman–Crippen LogP) is 2.69. The molecule has 3 rings (SSSR count). The highest BCUT2D eigenvalue weighted by atomic mass is 16.2. The predicted molar refractivity (Wildman–Crippen MR) is 89.2 cm³/mol. The van der Waals surface area contributed by atoms with E-state index < -0.39 is 0 Å². The van der Waals surface area contributed by atoms with Crippen molar-refractivity contribution in [3.05, 3.63) is 53.7 Å². The third-order valence-corrected chi connectivity index (χ3v) is 3.95. The molecule has 5 heteroatoms. The molecular weight excluding hydrogens is 290 g/mol. The molecule has 1 saturated heterocycles. The van der Waals surface area contributed by atoms with Gasteiger partial charge in [-0.15, -0.1) is 0 Å². The van der Waals surface area contributed by atoms with Crippen LogP contribution in [-0.2, 0) is 9.59 Å². The summed E-state index contributed by atoms with van der Waals surface area (Å²) < 4.78 is 0. The molecule has 1 aliphatic heterocycles. The van der Waals surface area contributed by atoms with Gasteiger partial charge in [0.2, 0.25) is 11.8 Å². The topological polar surface area (TPSA) is 62.3 Å². The molecule has 1 aromatic heterocycles. The number of pyridine rings is 1. The minimum absolute atomic E-state index is 0.0204. The summed E-state index contributed by atoms with van der Waals surface area (Å²) in [4.78, 5) is 30.6. The van der Waals surface area contributed by atoms with Crippen LogP contribution in [-0.4, -0.2) is 23.3 Å². The van der Waals surface area contributed by atoms with Gasteiger partial charge in [-0.1, -0.05) is 18.2 Å². The number of nitrogens with one attached hydrogen (secondary N) is 1. The first-order valence-corrected chi connectivity index (χ1v) is 7.64. The number of hydrogen-bond donors (Lipinski definition) is 1. The molecular formula is C18H19N3O2. The van der Waals surface area contributed by atoms with E-state index in [-0.39, 0.29) is 24.2 Å². The lowest BCUT2D eigenvalue weighted by Gasteiger charge is -2.17. The Kier molecular flexibility index (Phi) is 4.10. The molecule has 0 aliphatic carbocycles. The first-order valence-electron chi connectivity index (χ1n) is 7.64. The van der Waals surface area contributed by atoms with Crippen LogP contribution in [0.1, 0.15) is 17.7 Å². The van der Waals surface area contributed by atoms with Crippen molar-refractivity contribution < 1.29 is 9.59 Å². The Morgan fingerprint density at radius 1 is 1.22 bits per heavy atom. The summed E-state index contributed by atoms with van der Waals surface area (Å²) in [6.45, 7) is 4.26. The Morgan fingerprint density at radius 2 is 2.00 bits per heavy atom. The van der Waals surface area contributed by atoms with Crippen molar-refractivity contribution in [1.82, 2.24) is 4.98 Å². The fourth-order valence-corrected chi connectivity index (χ4v) is 2.77. The summed E-state index contributed by atoms with van der Waals surface area (Å²) in [5.74, 6) is -0.0127. The Morgan fingerprint density at radius 3 is 2.74 bits per heavy atom. The maximum atomic E-state index is 12.4. The molecule has 5 nitrogen and oxygen atoms in total. The molecule has 1 N–H and O–H groups in total. The molecule has 1 unspecified atom stereocenters. The van der Waals surface area contributed by atoms with Crippen molar-refractivity contribution in [2.75, 3.05) is 16.8 Å². The van der Waals surface area contributed by atoms with Crippen molar-refractivity contribution in [2.24, 2.45) is 5.92 Å². The second-order valence-corrected chi connectivity index (χ2v) is 5.90. The second kappa shape index (κ2) is 6.20.